The minimum atomic E-state index is 0.0641. The first-order chi connectivity index (χ1) is 9.65. The molecule has 0 spiro atoms. The highest BCUT2D eigenvalue weighted by atomic mass is 35.5. The Morgan fingerprint density at radius 3 is 2.95 bits per heavy atom. The van der Waals surface area contributed by atoms with E-state index in [0.717, 1.165) is 44.5 Å². The van der Waals surface area contributed by atoms with E-state index in [2.05, 4.69) is 12.2 Å². The number of carbonyl (C=O) groups is 1. The van der Waals surface area contributed by atoms with Crippen LogP contribution in [0, 0.1) is 6.92 Å². The van der Waals surface area contributed by atoms with Gasteiger partial charge < -0.3 is 10.2 Å². The number of carbonyl (C=O) groups excluding carboxylic acids is 1. The van der Waals surface area contributed by atoms with Crippen LogP contribution in [-0.2, 0) is 0 Å². The molecule has 0 bridgehead atoms. The van der Waals surface area contributed by atoms with Crippen molar-refractivity contribution in [2.24, 2.45) is 0 Å². The highest BCUT2D eigenvalue weighted by Crippen LogP contribution is 2.23. The number of nitrogens with zero attached hydrogens (tertiary/aromatic N) is 1. The molecule has 20 heavy (non-hydrogen) atoms. The number of rotatable bonds is 4. The third-order valence-electron chi connectivity index (χ3n) is 3.86. The van der Waals surface area contributed by atoms with E-state index >= 15 is 0 Å². The minimum absolute atomic E-state index is 0.0641. The number of aryl methyl sites for hydroxylation is 1. The van der Waals surface area contributed by atoms with E-state index in [1.165, 1.54) is 0 Å². The molecule has 1 aliphatic rings. The third-order valence-corrected chi connectivity index (χ3v) is 4.36. The second kappa shape index (κ2) is 7.09. The van der Waals surface area contributed by atoms with Crippen LogP contribution in [0.25, 0.3) is 0 Å². The molecule has 1 fully saturated rings. The normalized spacial score (nSPS) is 18.9. The van der Waals surface area contributed by atoms with Gasteiger partial charge in [0.2, 0.25) is 0 Å². The van der Waals surface area contributed by atoms with Crippen molar-refractivity contribution in [2.75, 3.05) is 19.6 Å². The topological polar surface area (TPSA) is 32.3 Å². The number of nitrogens with one attached hydrogen (secondary N) is 1. The summed E-state index contributed by atoms with van der Waals surface area (Å²) in [6.07, 6.45) is 3.16. The molecule has 0 saturated carbocycles. The summed E-state index contributed by atoms with van der Waals surface area (Å²) < 4.78 is 0. The number of halogens is 1. The summed E-state index contributed by atoms with van der Waals surface area (Å²) in [5.41, 5.74) is 1.58. The first-order valence-corrected chi connectivity index (χ1v) is 7.79. The molecule has 0 radical (unpaired) electrons. The number of piperidine rings is 1. The number of benzene rings is 1. The predicted octanol–water partition coefficient (Wildman–Crippen LogP) is 3.25. The number of amides is 1. The molecule has 1 aliphatic heterocycles. The molecule has 1 saturated heterocycles. The van der Waals surface area contributed by atoms with Gasteiger partial charge in [-0.05, 0) is 44.4 Å². The second-order valence-electron chi connectivity index (χ2n) is 5.44. The molecule has 1 amide bonds. The number of hydrogen-bond acceptors (Lipinski definition) is 2. The first kappa shape index (κ1) is 15.3. The van der Waals surface area contributed by atoms with Crippen molar-refractivity contribution in [3.8, 4) is 0 Å². The van der Waals surface area contributed by atoms with Gasteiger partial charge in [-0.15, -0.1) is 0 Å². The van der Waals surface area contributed by atoms with Gasteiger partial charge in [0.1, 0.15) is 0 Å². The predicted molar refractivity (Wildman–Crippen MR) is 83.4 cm³/mol. The Hall–Kier alpha value is -1.06. The van der Waals surface area contributed by atoms with Gasteiger partial charge in [-0.25, -0.2) is 0 Å². The molecule has 0 aliphatic carbocycles. The zero-order chi connectivity index (χ0) is 14.5. The number of hydrogen-bond donors (Lipinski definition) is 1. The fourth-order valence-electron chi connectivity index (χ4n) is 2.76. The zero-order valence-corrected chi connectivity index (χ0v) is 13.0. The van der Waals surface area contributed by atoms with Crippen molar-refractivity contribution in [3.05, 3.63) is 34.3 Å². The summed E-state index contributed by atoms with van der Waals surface area (Å²) in [5, 5.41) is 3.96. The van der Waals surface area contributed by atoms with Gasteiger partial charge in [-0.3, -0.25) is 4.79 Å². The van der Waals surface area contributed by atoms with E-state index in [1.807, 2.05) is 30.0 Å². The highest BCUT2D eigenvalue weighted by molar-refractivity contribution is 6.34. The van der Waals surface area contributed by atoms with Gasteiger partial charge in [-0.1, -0.05) is 30.7 Å². The summed E-state index contributed by atoms with van der Waals surface area (Å²) in [7, 11) is 0. The maximum atomic E-state index is 12.8. The Morgan fingerprint density at radius 2 is 2.30 bits per heavy atom. The van der Waals surface area contributed by atoms with E-state index < -0.39 is 0 Å². The van der Waals surface area contributed by atoms with Crippen LogP contribution in [-0.4, -0.2) is 36.5 Å². The van der Waals surface area contributed by atoms with Crippen molar-refractivity contribution < 1.29 is 4.79 Å². The minimum Gasteiger partial charge on any atom is -0.334 e. The van der Waals surface area contributed by atoms with Crippen LogP contribution in [0.2, 0.25) is 5.02 Å². The molecule has 1 N–H and O–H groups in total. The Kier molecular flexibility index (Phi) is 5.44. The van der Waals surface area contributed by atoms with Crippen LogP contribution in [0.3, 0.4) is 0 Å². The standard InChI is InChI=1S/C16H23ClN2O/c1-3-10-19(13-7-5-9-18-11-13)16(20)14-8-4-6-12(2)15(14)17/h4,6,8,13,18H,3,5,7,9-11H2,1-2H3. The Balaban J connectivity index is 2.23. The van der Waals surface area contributed by atoms with Crippen LogP contribution in [0.5, 0.6) is 0 Å². The van der Waals surface area contributed by atoms with Crippen molar-refractivity contribution in [1.29, 1.82) is 0 Å². The monoisotopic (exact) mass is 294 g/mol. The maximum absolute atomic E-state index is 12.8. The molecule has 1 atom stereocenters. The SMILES string of the molecule is CCCN(C(=O)c1cccc(C)c1Cl)C1CCCNC1. The van der Waals surface area contributed by atoms with Gasteiger partial charge in [0.05, 0.1) is 10.6 Å². The highest BCUT2D eigenvalue weighted by Gasteiger charge is 2.26. The third kappa shape index (κ3) is 3.33. The van der Waals surface area contributed by atoms with Crippen LogP contribution in [0.4, 0.5) is 0 Å². The maximum Gasteiger partial charge on any atom is 0.255 e. The molecular formula is C16H23ClN2O. The lowest BCUT2D eigenvalue weighted by atomic mass is 10.0. The molecule has 1 heterocycles. The van der Waals surface area contributed by atoms with Gasteiger partial charge >= 0.3 is 0 Å². The van der Waals surface area contributed by atoms with Crippen molar-refractivity contribution in [3.63, 3.8) is 0 Å². The van der Waals surface area contributed by atoms with Gasteiger partial charge in [0, 0.05) is 19.1 Å². The molecule has 3 nitrogen and oxygen atoms in total. The summed E-state index contributed by atoms with van der Waals surface area (Å²) in [4.78, 5) is 14.8. The Bertz CT molecular complexity index is 470. The van der Waals surface area contributed by atoms with E-state index in [1.54, 1.807) is 0 Å². The second-order valence-corrected chi connectivity index (χ2v) is 5.81. The zero-order valence-electron chi connectivity index (χ0n) is 12.3. The first-order valence-electron chi connectivity index (χ1n) is 7.42. The quantitative estimate of drug-likeness (QED) is 0.924. The average Bonchev–Trinajstić information content (AvgIpc) is 2.48. The Labute approximate surface area is 126 Å². The lowest BCUT2D eigenvalue weighted by Gasteiger charge is -2.35. The van der Waals surface area contributed by atoms with E-state index in [0.29, 0.717) is 10.6 Å². The fraction of sp³-hybridized carbons (Fsp3) is 0.562. The van der Waals surface area contributed by atoms with Crippen molar-refractivity contribution >= 4 is 17.5 Å². The summed E-state index contributed by atoms with van der Waals surface area (Å²) in [6, 6.07) is 5.95. The Morgan fingerprint density at radius 1 is 1.50 bits per heavy atom. The smallest absolute Gasteiger partial charge is 0.255 e. The molecular weight excluding hydrogens is 272 g/mol. The summed E-state index contributed by atoms with van der Waals surface area (Å²) in [5.74, 6) is 0.0641. The summed E-state index contributed by atoms with van der Waals surface area (Å²) >= 11 is 6.31. The lowest BCUT2D eigenvalue weighted by molar-refractivity contribution is 0.0649. The summed E-state index contributed by atoms with van der Waals surface area (Å²) in [6.45, 7) is 6.76. The largest absolute Gasteiger partial charge is 0.334 e. The lowest BCUT2D eigenvalue weighted by Crippen LogP contribution is -2.49. The van der Waals surface area contributed by atoms with Gasteiger partial charge in [0.15, 0.2) is 0 Å². The van der Waals surface area contributed by atoms with E-state index in [9.17, 15) is 4.79 Å². The van der Waals surface area contributed by atoms with Crippen molar-refractivity contribution in [1.82, 2.24) is 10.2 Å². The van der Waals surface area contributed by atoms with Crippen LogP contribution < -0.4 is 5.32 Å². The molecule has 4 heteroatoms. The molecule has 110 valence electrons. The van der Waals surface area contributed by atoms with Crippen LogP contribution >= 0.6 is 11.6 Å². The molecule has 1 aromatic rings. The average molecular weight is 295 g/mol. The van der Waals surface area contributed by atoms with Crippen LogP contribution in [0.1, 0.15) is 42.1 Å². The van der Waals surface area contributed by atoms with Crippen LogP contribution in [0.15, 0.2) is 18.2 Å². The van der Waals surface area contributed by atoms with Crippen molar-refractivity contribution in [2.45, 2.75) is 39.2 Å². The molecule has 0 aromatic heterocycles. The van der Waals surface area contributed by atoms with E-state index in [-0.39, 0.29) is 11.9 Å². The molecule has 1 unspecified atom stereocenters. The fourth-order valence-corrected chi connectivity index (χ4v) is 2.96. The van der Waals surface area contributed by atoms with Gasteiger partial charge in [0.25, 0.3) is 5.91 Å². The van der Waals surface area contributed by atoms with E-state index in [4.69, 9.17) is 11.6 Å². The molecule has 2 rings (SSSR count). The molecule has 1 aromatic carbocycles. The van der Waals surface area contributed by atoms with Gasteiger partial charge in [-0.2, -0.15) is 0 Å².